The van der Waals surface area contributed by atoms with E-state index in [-0.39, 0.29) is 38.6 Å². The number of aromatic nitrogens is 3. The van der Waals surface area contributed by atoms with Crippen molar-refractivity contribution in [2.75, 3.05) is 7.05 Å². The van der Waals surface area contributed by atoms with Crippen molar-refractivity contribution in [1.29, 1.82) is 0 Å². The van der Waals surface area contributed by atoms with Gasteiger partial charge in [0.15, 0.2) is 0 Å². The van der Waals surface area contributed by atoms with E-state index in [1.54, 1.807) is 30.2 Å². The van der Waals surface area contributed by atoms with Crippen molar-refractivity contribution >= 4 is 11.4 Å². The Morgan fingerprint density at radius 2 is 2.43 bits per heavy atom. The van der Waals surface area contributed by atoms with Crippen LogP contribution >= 0.6 is 0 Å². The van der Waals surface area contributed by atoms with Gasteiger partial charge in [-0.05, 0) is 13.2 Å². The molecule has 0 aliphatic rings. The largest absolute Gasteiger partial charge is 0.407 e. The first kappa shape index (κ1) is 11.3. The van der Waals surface area contributed by atoms with Crippen LogP contribution in [-0.2, 0) is 32.7 Å². The summed E-state index contributed by atoms with van der Waals surface area (Å²) < 4.78 is 1.55. The van der Waals surface area contributed by atoms with Crippen LogP contribution in [0.25, 0.3) is 5.52 Å². The molecular formula is C8H7N4OY-. The third kappa shape index (κ3) is 1.99. The number of imidazole rings is 1. The Kier molecular flexibility index (Phi) is 3.72. The molecule has 2 heterocycles. The van der Waals surface area contributed by atoms with Gasteiger partial charge < -0.3 is 10.1 Å². The summed E-state index contributed by atoms with van der Waals surface area (Å²) in [6, 6.07) is 1.68. The first-order chi connectivity index (χ1) is 6.31. The Morgan fingerprint density at radius 1 is 1.64 bits per heavy atom. The molecule has 0 unspecified atom stereocenters. The summed E-state index contributed by atoms with van der Waals surface area (Å²) in [6.45, 7) is 0. The second kappa shape index (κ2) is 4.62. The molecule has 0 atom stereocenters. The quantitative estimate of drug-likeness (QED) is 0.731. The number of hydrogen-bond acceptors (Lipinski definition) is 3. The van der Waals surface area contributed by atoms with Gasteiger partial charge in [0.05, 0.1) is 0 Å². The van der Waals surface area contributed by atoms with E-state index in [0.717, 1.165) is 5.52 Å². The average Bonchev–Trinajstić information content (AvgIpc) is 2.63. The van der Waals surface area contributed by atoms with Gasteiger partial charge in [-0.25, -0.2) is 14.6 Å². The molecule has 1 N–H and O–H groups in total. The van der Waals surface area contributed by atoms with E-state index < -0.39 is 0 Å². The molecular weight excluding hydrogens is 257 g/mol. The van der Waals surface area contributed by atoms with Crippen LogP contribution in [0.1, 0.15) is 10.4 Å². The normalized spacial score (nSPS) is 9.50. The number of carbonyl (C=O) groups is 1. The van der Waals surface area contributed by atoms with Gasteiger partial charge in [0, 0.05) is 44.4 Å². The van der Waals surface area contributed by atoms with Crippen LogP contribution < -0.4 is 5.32 Å². The van der Waals surface area contributed by atoms with Crippen LogP contribution in [0.4, 0.5) is 0 Å². The molecule has 69 valence electrons. The number of fused-ring (bicyclic) bond motifs is 1. The van der Waals surface area contributed by atoms with Gasteiger partial charge in [0.25, 0.3) is 0 Å². The van der Waals surface area contributed by atoms with Crippen molar-refractivity contribution in [3.8, 4) is 0 Å². The summed E-state index contributed by atoms with van der Waals surface area (Å²) in [4.78, 5) is 15.0. The summed E-state index contributed by atoms with van der Waals surface area (Å²) in [6.07, 6.45) is 5.80. The minimum atomic E-state index is -0.198. The predicted octanol–water partition coefficient (Wildman–Crippen LogP) is -0.113. The van der Waals surface area contributed by atoms with Crippen LogP contribution in [0.15, 0.2) is 18.6 Å². The van der Waals surface area contributed by atoms with Gasteiger partial charge in [-0.15, -0.1) is 11.6 Å². The SMILES string of the molecule is CNC(=O)c1[c-]nn2cncc2c1.[Y]. The summed E-state index contributed by atoms with van der Waals surface area (Å²) in [5.41, 5.74) is 1.19. The van der Waals surface area contributed by atoms with Gasteiger partial charge in [-0.1, -0.05) is 0 Å². The van der Waals surface area contributed by atoms with E-state index in [9.17, 15) is 4.79 Å². The smallest absolute Gasteiger partial charge is 0.137 e. The molecule has 0 saturated heterocycles. The van der Waals surface area contributed by atoms with E-state index in [1.165, 1.54) is 0 Å². The van der Waals surface area contributed by atoms with Crippen LogP contribution in [0.3, 0.4) is 0 Å². The van der Waals surface area contributed by atoms with Crippen molar-refractivity contribution in [2.24, 2.45) is 0 Å². The first-order valence-corrected chi connectivity index (χ1v) is 3.74. The minimum Gasteiger partial charge on any atom is -0.407 e. The Labute approximate surface area is 106 Å². The van der Waals surface area contributed by atoms with E-state index >= 15 is 0 Å². The number of nitrogens with zero attached hydrogens (tertiary/aromatic N) is 3. The maximum absolute atomic E-state index is 11.2. The van der Waals surface area contributed by atoms with Crippen molar-refractivity contribution in [1.82, 2.24) is 19.9 Å². The van der Waals surface area contributed by atoms with Crippen LogP contribution in [0.2, 0.25) is 0 Å². The van der Waals surface area contributed by atoms with E-state index in [0.29, 0.717) is 5.56 Å². The standard InChI is InChI=1S/C8H7N4O.Y/c1-9-8(13)6-2-7-4-10-5-12(7)11-3-6;/h2,4-5H,1H3,(H,9,13);/q-1;. The van der Waals surface area contributed by atoms with Crippen LogP contribution in [0, 0.1) is 6.20 Å². The van der Waals surface area contributed by atoms with E-state index in [2.05, 4.69) is 21.6 Å². The van der Waals surface area contributed by atoms with Crippen molar-refractivity contribution in [2.45, 2.75) is 0 Å². The predicted molar refractivity (Wildman–Crippen MR) is 45.2 cm³/mol. The zero-order chi connectivity index (χ0) is 9.26. The number of nitrogens with one attached hydrogen (secondary N) is 1. The van der Waals surface area contributed by atoms with Crippen molar-refractivity contribution in [3.63, 3.8) is 0 Å². The Balaban J connectivity index is 0.000000980. The third-order valence-electron chi connectivity index (χ3n) is 1.69. The van der Waals surface area contributed by atoms with E-state index in [1.807, 2.05) is 0 Å². The molecule has 0 aromatic carbocycles. The number of carbonyl (C=O) groups excluding carboxylic acids is 1. The molecule has 0 fully saturated rings. The van der Waals surface area contributed by atoms with Gasteiger partial charge in [0.1, 0.15) is 12.2 Å². The number of hydrogen-bond donors (Lipinski definition) is 1. The van der Waals surface area contributed by atoms with Gasteiger partial charge in [-0.3, -0.25) is 0 Å². The zero-order valence-electron chi connectivity index (χ0n) is 7.56. The van der Waals surface area contributed by atoms with Gasteiger partial charge >= 0.3 is 0 Å². The van der Waals surface area contributed by atoms with Crippen molar-refractivity contribution < 1.29 is 37.5 Å². The Morgan fingerprint density at radius 3 is 3.14 bits per heavy atom. The third-order valence-corrected chi connectivity index (χ3v) is 1.69. The molecule has 2 aromatic rings. The Hall–Kier alpha value is -0.806. The fourth-order valence-corrected chi connectivity index (χ4v) is 1.02. The van der Waals surface area contributed by atoms with Gasteiger partial charge in [0.2, 0.25) is 0 Å². The van der Waals surface area contributed by atoms with Crippen LogP contribution in [-0.4, -0.2) is 27.6 Å². The molecule has 5 nitrogen and oxygen atoms in total. The maximum atomic E-state index is 11.2. The molecule has 14 heavy (non-hydrogen) atoms. The topological polar surface area (TPSA) is 59.3 Å². The Bertz CT molecular complexity index is 453. The number of rotatable bonds is 1. The molecule has 0 spiro atoms. The molecule has 2 rings (SSSR count). The molecule has 0 bridgehead atoms. The molecule has 1 radical (unpaired) electrons. The molecule has 6 heteroatoms. The fraction of sp³-hybridized carbons (Fsp3) is 0.125. The number of amides is 1. The molecule has 0 aliphatic carbocycles. The molecule has 0 saturated carbocycles. The monoisotopic (exact) mass is 264 g/mol. The van der Waals surface area contributed by atoms with Crippen molar-refractivity contribution in [3.05, 3.63) is 30.4 Å². The summed E-state index contributed by atoms with van der Waals surface area (Å²) in [7, 11) is 1.57. The summed E-state index contributed by atoms with van der Waals surface area (Å²) in [5.74, 6) is -0.198. The van der Waals surface area contributed by atoms with E-state index in [4.69, 9.17) is 0 Å². The molecule has 0 aliphatic heterocycles. The molecule has 1 amide bonds. The van der Waals surface area contributed by atoms with Crippen LogP contribution in [0.5, 0.6) is 0 Å². The fourth-order valence-electron chi connectivity index (χ4n) is 1.02. The first-order valence-electron chi connectivity index (χ1n) is 3.74. The summed E-state index contributed by atoms with van der Waals surface area (Å²) in [5, 5.41) is 6.38. The summed E-state index contributed by atoms with van der Waals surface area (Å²) >= 11 is 0. The minimum absolute atomic E-state index is 0. The molecule has 2 aromatic heterocycles. The van der Waals surface area contributed by atoms with Gasteiger partial charge in [-0.2, -0.15) is 0 Å². The second-order valence-corrected chi connectivity index (χ2v) is 2.51. The zero-order valence-corrected chi connectivity index (χ0v) is 10.4. The maximum Gasteiger partial charge on any atom is 0.137 e. The second-order valence-electron chi connectivity index (χ2n) is 2.51. The average molecular weight is 264 g/mol.